The van der Waals surface area contributed by atoms with Crippen LogP contribution in [0.25, 0.3) is 0 Å². The Kier molecular flexibility index (Phi) is 7.86. The number of para-hydroxylation sites is 1. The third-order valence-electron chi connectivity index (χ3n) is 5.24. The van der Waals surface area contributed by atoms with E-state index in [2.05, 4.69) is 57.0 Å². The summed E-state index contributed by atoms with van der Waals surface area (Å²) in [6.45, 7) is 5.87. The molecule has 1 unspecified atom stereocenters. The highest BCUT2D eigenvalue weighted by Crippen LogP contribution is 2.11. The van der Waals surface area contributed by atoms with E-state index in [0.717, 1.165) is 63.1 Å². The Morgan fingerprint density at radius 2 is 2.10 bits per heavy atom. The first kappa shape index (κ1) is 21.1. The Balaban J connectivity index is 1.49. The number of guanidine groups is 1. The monoisotopic (exact) mass is 399 g/mol. The summed E-state index contributed by atoms with van der Waals surface area (Å²) < 4.78 is 7.68. The van der Waals surface area contributed by atoms with Crippen molar-refractivity contribution >= 4 is 11.6 Å². The van der Waals surface area contributed by atoms with Crippen LogP contribution >= 0.6 is 0 Å². The number of rotatable bonds is 9. The van der Waals surface area contributed by atoms with Crippen molar-refractivity contribution < 1.29 is 4.74 Å². The normalized spacial score (nSPS) is 16.8. The van der Waals surface area contributed by atoms with Crippen LogP contribution in [0.2, 0.25) is 0 Å². The lowest BCUT2D eigenvalue weighted by Gasteiger charge is -2.20. The molecule has 0 aliphatic carbocycles. The summed E-state index contributed by atoms with van der Waals surface area (Å²) in [5.41, 5.74) is 1.23. The molecule has 0 saturated carbocycles. The smallest absolute Gasteiger partial charge is 0.191 e. The molecule has 1 saturated heterocycles. The van der Waals surface area contributed by atoms with E-state index in [1.807, 2.05) is 24.6 Å². The fraction of sp³-hybridized carbons (Fsp3) is 0.571. The summed E-state index contributed by atoms with van der Waals surface area (Å²) in [5, 5.41) is 15.2. The Labute approximate surface area is 173 Å². The third kappa shape index (κ3) is 6.45. The first-order chi connectivity index (χ1) is 14.1. The molecule has 8 heteroatoms. The Bertz CT molecular complexity index is 769. The lowest BCUT2D eigenvalue weighted by molar-refractivity contribution is 0.114. The topological polar surface area (TPSA) is 79.6 Å². The Hall–Kier alpha value is -2.61. The second-order valence-electron chi connectivity index (χ2n) is 7.44. The number of aryl methyl sites for hydroxylation is 1. The van der Waals surface area contributed by atoms with Gasteiger partial charge in [-0.05, 0) is 38.3 Å². The number of benzene rings is 1. The van der Waals surface area contributed by atoms with Crippen LogP contribution < -0.4 is 15.5 Å². The van der Waals surface area contributed by atoms with Gasteiger partial charge >= 0.3 is 0 Å². The molecule has 1 aliphatic heterocycles. The SMILES string of the molecule is Cc1nnc(CN=C(NCCCN(C)c2ccccc2)NCC2CCCO2)n1C. The average Bonchev–Trinajstić information content (AvgIpc) is 3.38. The van der Waals surface area contributed by atoms with Crippen molar-refractivity contribution in [2.45, 2.75) is 38.8 Å². The number of anilines is 1. The maximum Gasteiger partial charge on any atom is 0.191 e. The molecule has 0 amide bonds. The summed E-state index contributed by atoms with van der Waals surface area (Å²) in [6.07, 6.45) is 3.51. The van der Waals surface area contributed by atoms with Gasteiger partial charge < -0.3 is 24.8 Å². The second kappa shape index (κ2) is 10.8. The minimum absolute atomic E-state index is 0.267. The molecule has 1 aliphatic rings. The predicted octanol–water partition coefficient (Wildman–Crippen LogP) is 1.86. The van der Waals surface area contributed by atoms with Gasteiger partial charge in [-0.2, -0.15) is 0 Å². The Morgan fingerprint density at radius 3 is 2.79 bits per heavy atom. The zero-order valence-corrected chi connectivity index (χ0v) is 17.8. The quantitative estimate of drug-likeness (QED) is 0.381. The first-order valence-corrected chi connectivity index (χ1v) is 10.4. The van der Waals surface area contributed by atoms with E-state index in [9.17, 15) is 0 Å². The van der Waals surface area contributed by atoms with Gasteiger partial charge in [0.15, 0.2) is 11.8 Å². The molecule has 2 heterocycles. The number of nitrogens with one attached hydrogen (secondary N) is 2. The number of hydrogen-bond donors (Lipinski definition) is 2. The van der Waals surface area contributed by atoms with Gasteiger partial charge in [0.2, 0.25) is 0 Å². The van der Waals surface area contributed by atoms with E-state index in [4.69, 9.17) is 9.73 Å². The van der Waals surface area contributed by atoms with Crippen LogP contribution in [-0.2, 0) is 18.3 Å². The molecule has 3 rings (SSSR count). The molecule has 8 nitrogen and oxygen atoms in total. The highest BCUT2D eigenvalue weighted by Gasteiger charge is 2.15. The summed E-state index contributed by atoms with van der Waals surface area (Å²) in [7, 11) is 4.09. The van der Waals surface area contributed by atoms with Gasteiger partial charge in [0.1, 0.15) is 12.4 Å². The van der Waals surface area contributed by atoms with E-state index < -0.39 is 0 Å². The molecule has 1 fully saturated rings. The number of nitrogens with zero attached hydrogens (tertiary/aromatic N) is 5. The van der Waals surface area contributed by atoms with E-state index in [1.54, 1.807) is 0 Å². The van der Waals surface area contributed by atoms with Gasteiger partial charge in [0.25, 0.3) is 0 Å². The van der Waals surface area contributed by atoms with Gasteiger partial charge in [0.05, 0.1) is 6.10 Å². The first-order valence-electron chi connectivity index (χ1n) is 10.4. The van der Waals surface area contributed by atoms with Crippen LogP contribution in [0.15, 0.2) is 35.3 Å². The molecule has 1 atom stereocenters. The van der Waals surface area contributed by atoms with Crippen molar-refractivity contribution in [1.82, 2.24) is 25.4 Å². The highest BCUT2D eigenvalue weighted by atomic mass is 16.5. The zero-order valence-electron chi connectivity index (χ0n) is 17.8. The number of ether oxygens (including phenoxy) is 1. The van der Waals surface area contributed by atoms with E-state index in [-0.39, 0.29) is 6.10 Å². The number of aliphatic imine (C=N–C) groups is 1. The van der Waals surface area contributed by atoms with Crippen LogP contribution in [0.4, 0.5) is 5.69 Å². The number of hydrogen-bond acceptors (Lipinski definition) is 5. The van der Waals surface area contributed by atoms with Crippen LogP contribution in [0, 0.1) is 6.92 Å². The molecule has 1 aromatic carbocycles. The van der Waals surface area contributed by atoms with E-state index in [1.165, 1.54) is 5.69 Å². The molecule has 29 heavy (non-hydrogen) atoms. The molecule has 2 N–H and O–H groups in total. The summed E-state index contributed by atoms with van der Waals surface area (Å²) in [5.74, 6) is 2.54. The fourth-order valence-corrected chi connectivity index (χ4v) is 3.26. The maximum absolute atomic E-state index is 5.72. The van der Waals surface area contributed by atoms with E-state index in [0.29, 0.717) is 6.54 Å². The summed E-state index contributed by atoms with van der Waals surface area (Å²) >= 11 is 0. The average molecular weight is 400 g/mol. The van der Waals surface area contributed by atoms with Crippen molar-refractivity contribution in [3.63, 3.8) is 0 Å². The molecule has 0 bridgehead atoms. The zero-order chi connectivity index (χ0) is 20.5. The molecule has 0 radical (unpaired) electrons. The number of aromatic nitrogens is 3. The van der Waals surface area contributed by atoms with Crippen molar-refractivity contribution in [3.05, 3.63) is 42.0 Å². The minimum Gasteiger partial charge on any atom is -0.376 e. The predicted molar refractivity (Wildman–Crippen MR) is 116 cm³/mol. The van der Waals surface area contributed by atoms with Gasteiger partial charge in [-0.25, -0.2) is 4.99 Å². The lowest BCUT2D eigenvalue weighted by atomic mass is 10.2. The van der Waals surface area contributed by atoms with Gasteiger partial charge in [-0.1, -0.05) is 18.2 Å². The third-order valence-corrected chi connectivity index (χ3v) is 5.24. The van der Waals surface area contributed by atoms with Crippen LogP contribution in [0.3, 0.4) is 0 Å². The van der Waals surface area contributed by atoms with Gasteiger partial charge in [0, 0.05) is 46.0 Å². The summed E-state index contributed by atoms with van der Waals surface area (Å²) in [4.78, 5) is 6.97. The molecule has 158 valence electrons. The van der Waals surface area contributed by atoms with Crippen LogP contribution in [0.1, 0.15) is 30.9 Å². The second-order valence-corrected chi connectivity index (χ2v) is 7.44. The fourth-order valence-electron chi connectivity index (χ4n) is 3.26. The van der Waals surface area contributed by atoms with Crippen LogP contribution in [0.5, 0.6) is 0 Å². The Morgan fingerprint density at radius 1 is 1.28 bits per heavy atom. The largest absolute Gasteiger partial charge is 0.376 e. The van der Waals surface area contributed by atoms with Crippen molar-refractivity contribution in [1.29, 1.82) is 0 Å². The molecule has 0 spiro atoms. The lowest BCUT2D eigenvalue weighted by Crippen LogP contribution is -2.42. The molecular weight excluding hydrogens is 366 g/mol. The van der Waals surface area contributed by atoms with Crippen molar-refractivity contribution in [2.75, 3.05) is 38.2 Å². The molecular formula is C21H33N7O. The van der Waals surface area contributed by atoms with E-state index >= 15 is 0 Å². The van der Waals surface area contributed by atoms with Crippen molar-refractivity contribution in [2.24, 2.45) is 12.0 Å². The minimum atomic E-state index is 0.267. The van der Waals surface area contributed by atoms with Gasteiger partial charge in [-0.15, -0.1) is 10.2 Å². The van der Waals surface area contributed by atoms with Crippen molar-refractivity contribution in [3.8, 4) is 0 Å². The standard InChI is InChI=1S/C21H33N7O/c1-17-25-26-20(28(17)3)16-24-21(23-15-19-11-7-14-29-19)22-12-8-13-27(2)18-9-5-4-6-10-18/h4-6,9-10,19H,7-8,11-16H2,1-3H3,(H2,22,23,24). The molecule has 1 aromatic heterocycles. The maximum atomic E-state index is 5.72. The highest BCUT2D eigenvalue weighted by molar-refractivity contribution is 5.79. The van der Waals surface area contributed by atoms with Gasteiger partial charge in [-0.3, -0.25) is 0 Å². The summed E-state index contributed by atoms with van der Waals surface area (Å²) in [6, 6.07) is 10.4. The van der Waals surface area contributed by atoms with Crippen LogP contribution in [-0.4, -0.2) is 60.1 Å². The molecule has 2 aromatic rings.